The van der Waals surface area contributed by atoms with Crippen LogP contribution >= 0.6 is 0 Å². The van der Waals surface area contributed by atoms with E-state index in [1.807, 2.05) is 0 Å². The van der Waals surface area contributed by atoms with Crippen LogP contribution in [-0.4, -0.2) is 129 Å². The zero-order valence-electron chi connectivity index (χ0n) is 30.3. The number of nitrogens with one attached hydrogen (secondary N) is 2. The second kappa shape index (κ2) is 21.0. The first-order valence-corrected chi connectivity index (χ1v) is 19.3. The van der Waals surface area contributed by atoms with E-state index < -0.39 is 82.3 Å². The van der Waals surface area contributed by atoms with Crippen molar-refractivity contribution in [3.05, 3.63) is 42.0 Å². The molecule has 7 atom stereocenters. The lowest BCUT2D eigenvalue weighted by Crippen LogP contribution is -2.61. The Kier molecular flexibility index (Phi) is 17.2. The number of aliphatic hydroxyl groups excluding tert-OH is 3. The Bertz CT molecular complexity index is 1670. The van der Waals surface area contributed by atoms with Crippen molar-refractivity contribution >= 4 is 45.7 Å². The van der Waals surface area contributed by atoms with E-state index in [-0.39, 0.29) is 50.1 Å². The Balaban J connectivity index is 1.51. The second-order valence-corrected chi connectivity index (χ2v) is 14.8. The molecule has 1 aromatic rings. The van der Waals surface area contributed by atoms with E-state index >= 15 is 0 Å². The zero-order valence-corrected chi connectivity index (χ0v) is 31.1. The van der Waals surface area contributed by atoms with Crippen molar-refractivity contribution in [3.8, 4) is 5.75 Å². The Morgan fingerprint density at radius 1 is 1.04 bits per heavy atom. The largest absolute Gasteiger partial charge is 0.479 e. The van der Waals surface area contributed by atoms with Gasteiger partial charge in [-0.2, -0.15) is 8.42 Å². The molecular formula is C35H49N3O16S. The first kappa shape index (κ1) is 44.9. The number of imide groups is 1. The van der Waals surface area contributed by atoms with E-state index in [0.717, 1.165) is 0 Å². The predicted octanol–water partition coefficient (Wildman–Crippen LogP) is -0.656. The fourth-order valence-electron chi connectivity index (χ4n) is 6.05. The van der Waals surface area contributed by atoms with Crippen LogP contribution in [0.4, 0.5) is 0 Å². The monoisotopic (exact) mass is 799 g/mol. The summed E-state index contributed by atoms with van der Waals surface area (Å²) in [4.78, 5) is 74.1. The minimum Gasteiger partial charge on any atom is -0.479 e. The Morgan fingerprint density at radius 2 is 1.76 bits per heavy atom. The van der Waals surface area contributed by atoms with Gasteiger partial charge in [0, 0.05) is 32.9 Å². The first-order valence-electron chi connectivity index (χ1n) is 17.7. The molecule has 2 aliphatic rings. The molecule has 1 unspecified atom stereocenters. The number of amides is 4. The summed E-state index contributed by atoms with van der Waals surface area (Å²) in [6.07, 6.45) is -4.76. The third kappa shape index (κ3) is 14.0. The van der Waals surface area contributed by atoms with Crippen LogP contribution < -0.4 is 15.4 Å². The van der Waals surface area contributed by atoms with Crippen molar-refractivity contribution in [2.75, 3.05) is 18.8 Å². The molecule has 4 amide bonds. The molecule has 3 rings (SSSR count). The van der Waals surface area contributed by atoms with E-state index in [1.54, 1.807) is 12.1 Å². The van der Waals surface area contributed by atoms with E-state index in [0.29, 0.717) is 56.1 Å². The van der Waals surface area contributed by atoms with Crippen LogP contribution in [0.15, 0.2) is 30.9 Å². The number of carbonyl (C=O) groups is 6. The Hall–Kier alpha value is -4.47. The maximum Gasteiger partial charge on any atom is 0.335 e. The molecule has 306 valence electrons. The van der Waals surface area contributed by atoms with Crippen LogP contribution in [0.1, 0.15) is 69.4 Å². The van der Waals surface area contributed by atoms with Gasteiger partial charge in [0.15, 0.2) is 6.10 Å². The molecule has 55 heavy (non-hydrogen) atoms. The van der Waals surface area contributed by atoms with Crippen molar-refractivity contribution in [3.63, 3.8) is 0 Å². The molecule has 2 saturated heterocycles. The molecule has 0 aliphatic carbocycles. The van der Waals surface area contributed by atoms with Gasteiger partial charge in [0.1, 0.15) is 42.5 Å². The van der Waals surface area contributed by atoms with Crippen molar-refractivity contribution in [1.82, 2.24) is 15.5 Å². The number of aryl methyl sites for hydroxylation is 1. The number of esters is 1. The molecule has 7 N–H and O–H groups in total. The zero-order chi connectivity index (χ0) is 40.9. The summed E-state index contributed by atoms with van der Waals surface area (Å²) in [5.74, 6) is -5.51. The topological polar surface area (TPSA) is 293 Å². The number of nitrogens with zero attached hydrogens (tertiary/aromatic N) is 1. The van der Waals surface area contributed by atoms with Gasteiger partial charge in [0.05, 0.1) is 5.92 Å². The summed E-state index contributed by atoms with van der Waals surface area (Å²) >= 11 is 0. The second-order valence-electron chi connectivity index (χ2n) is 13.3. The number of unbranched alkanes of at least 4 members (excludes halogenated alkanes) is 3. The number of ether oxygens (including phenoxy) is 3. The highest BCUT2D eigenvalue weighted by atomic mass is 32.2. The highest BCUT2D eigenvalue weighted by Gasteiger charge is 2.48. The predicted molar refractivity (Wildman–Crippen MR) is 189 cm³/mol. The van der Waals surface area contributed by atoms with Crippen LogP contribution in [0.2, 0.25) is 0 Å². The average Bonchev–Trinajstić information content (AvgIpc) is 3.37. The fourth-order valence-corrected chi connectivity index (χ4v) is 6.71. The molecule has 0 spiro atoms. The van der Waals surface area contributed by atoms with Gasteiger partial charge in [-0.15, -0.1) is 6.58 Å². The number of hydrogen-bond acceptors (Lipinski definition) is 14. The van der Waals surface area contributed by atoms with Crippen molar-refractivity contribution < 1.29 is 76.4 Å². The van der Waals surface area contributed by atoms with Gasteiger partial charge in [-0.25, -0.2) is 4.79 Å². The van der Waals surface area contributed by atoms with Crippen LogP contribution in [0, 0.1) is 5.92 Å². The molecule has 20 heteroatoms. The molecule has 0 saturated carbocycles. The standard InChI is InChI=1S/C35H49N3O16S/c1-3-9-22-17-27(41)38(33(22)46)15-8-4-5-11-26(40)37-25(19-55(49,50)51)32(45)36-14-7-6-10-21-16-24(13-12-23(21)18-52-20(2)39)53-35-30(44)28(42)29(43)31(54-35)34(47)48/h3,12-13,16,22,25,28-31,35,42-44H,1,4-11,14-15,17-19H2,2H3,(H,36,45)(H,37,40)(H,47,48)(H,49,50,51)/t22?,25-,28-,29-,30+,31-,35+/m0/s1. The van der Waals surface area contributed by atoms with Crippen LogP contribution in [0.5, 0.6) is 5.75 Å². The minimum atomic E-state index is -4.67. The van der Waals surface area contributed by atoms with Gasteiger partial charge in [-0.05, 0) is 61.8 Å². The number of carboxylic acids is 1. The SMILES string of the molecule is C=CCC1CC(=O)N(CCCCCC(=O)N[C@@H](CS(=O)(=O)O)C(=O)NCCCCc2cc(O[C@@H]3O[C@H](C(=O)O)[C@@H](O)[C@H](O)[C@H]3O)ccc2COC(C)=O)C1=O. The molecule has 0 bridgehead atoms. The van der Waals surface area contributed by atoms with Crippen LogP contribution in [0.25, 0.3) is 0 Å². The van der Waals surface area contributed by atoms with Gasteiger partial charge >= 0.3 is 11.9 Å². The van der Waals surface area contributed by atoms with Gasteiger partial charge in [-0.1, -0.05) is 18.6 Å². The summed E-state index contributed by atoms with van der Waals surface area (Å²) in [7, 11) is -4.67. The lowest BCUT2D eigenvalue weighted by molar-refractivity contribution is -0.271. The van der Waals surface area contributed by atoms with Gasteiger partial charge in [0.25, 0.3) is 10.1 Å². The fraction of sp³-hybridized carbons (Fsp3) is 0.600. The van der Waals surface area contributed by atoms with E-state index in [2.05, 4.69) is 17.2 Å². The quantitative estimate of drug-likeness (QED) is 0.0252. The molecule has 0 radical (unpaired) electrons. The smallest absolute Gasteiger partial charge is 0.335 e. The Morgan fingerprint density at radius 3 is 2.42 bits per heavy atom. The van der Waals surface area contributed by atoms with Gasteiger partial charge < -0.3 is 45.3 Å². The number of rotatable bonds is 22. The Labute approximate surface area is 317 Å². The third-order valence-corrected chi connectivity index (χ3v) is 9.70. The number of aliphatic carboxylic acids is 1. The average molecular weight is 800 g/mol. The normalized spacial score (nSPS) is 23.2. The third-order valence-electron chi connectivity index (χ3n) is 8.95. The van der Waals surface area contributed by atoms with Crippen LogP contribution in [0.3, 0.4) is 0 Å². The lowest BCUT2D eigenvalue weighted by atomic mass is 9.99. The maximum atomic E-state index is 12.9. The highest BCUT2D eigenvalue weighted by molar-refractivity contribution is 7.85. The van der Waals surface area contributed by atoms with E-state index in [1.165, 1.54) is 24.0 Å². The number of benzene rings is 1. The van der Waals surface area contributed by atoms with Gasteiger partial charge in [0.2, 0.25) is 29.9 Å². The van der Waals surface area contributed by atoms with Crippen LogP contribution in [-0.2, 0) is 61.4 Å². The van der Waals surface area contributed by atoms with Crippen molar-refractivity contribution in [2.24, 2.45) is 5.92 Å². The summed E-state index contributed by atoms with van der Waals surface area (Å²) in [6, 6.07) is 2.92. The van der Waals surface area contributed by atoms with Gasteiger partial charge in [-0.3, -0.25) is 33.4 Å². The summed E-state index contributed by atoms with van der Waals surface area (Å²) in [6.45, 7) is 4.95. The van der Waals surface area contributed by atoms with Crippen molar-refractivity contribution in [1.29, 1.82) is 0 Å². The molecule has 0 aromatic heterocycles. The molecular weight excluding hydrogens is 750 g/mol. The molecule has 2 aliphatic heterocycles. The number of carbonyl (C=O) groups excluding carboxylic acids is 5. The first-order chi connectivity index (χ1) is 25.9. The number of hydrogen-bond donors (Lipinski definition) is 7. The number of likely N-dealkylation sites (tertiary alicyclic amines) is 1. The molecule has 2 fully saturated rings. The van der Waals surface area contributed by atoms with Crippen molar-refractivity contribution in [2.45, 2.75) is 108 Å². The highest BCUT2D eigenvalue weighted by Crippen LogP contribution is 2.27. The maximum absolute atomic E-state index is 12.9. The molecule has 19 nitrogen and oxygen atoms in total. The van der Waals surface area contributed by atoms with E-state index in [4.69, 9.17) is 14.2 Å². The number of aliphatic hydroxyl groups is 3. The molecule has 1 aromatic carbocycles. The van der Waals surface area contributed by atoms with E-state index in [9.17, 15) is 62.2 Å². The number of allylic oxidation sites excluding steroid dienone is 1. The summed E-state index contributed by atoms with van der Waals surface area (Å²) < 4.78 is 48.6. The molecule has 2 heterocycles. The number of carboxylic acid groups (broad SMARTS) is 1. The lowest BCUT2D eigenvalue weighted by Gasteiger charge is -2.38. The summed E-state index contributed by atoms with van der Waals surface area (Å²) in [5, 5.41) is 44.5. The summed E-state index contributed by atoms with van der Waals surface area (Å²) in [5.41, 5.74) is 1.17. The minimum absolute atomic E-state index is 0.0344.